The molecular weight excluding hydrogens is 521 g/mol. The van der Waals surface area contributed by atoms with Crippen molar-refractivity contribution in [3.8, 4) is 17.1 Å². The van der Waals surface area contributed by atoms with Crippen molar-refractivity contribution < 1.29 is 9.18 Å². The van der Waals surface area contributed by atoms with E-state index in [1.165, 1.54) is 12.1 Å². The van der Waals surface area contributed by atoms with Gasteiger partial charge >= 0.3 is 0 Å². The molecule has 1 unspecified atom stereocenters. The summed E-state index contributed by atoms with van der Waals surface area (Å²) >= 11 is 0. The number of benzene rings is 3. The Morgan fingerprint density at radius 2 is 1.90 bits per heavy atom. The number of para-hydroxylation sites is 1. The molecule has 204 valence electrons. The molecule has 1 amide bonds. The molecule has 7 rings (SSSR count). The third-order valence-corrected chi connectivity index (χ3v) is 7.60. The van der Waals surface area contributed by atoms with Gasteiger partial charge < -0.3 is 21.3 Å². The molecule has 11 heteroatoms. The van der Waals surface area contributed by atoms with Crippen LogP contribution in [0.5, 0.6) is 0 Å². The van der Waals surface area contributed by atoms with Gasteiger partial charge in [-0.2, -0.15) is 9.67 Å². The third-order valence-electron chi connectivity index (χ3n) is 7.60. The third kappa shape index (κ3) is 4.50. The molecule has 1 atom stereocenters. The van der Waals surface area contributed by atoms with Gasteiger partial charge in [0, 0.05) is 36.2 Å². The zero-order valence-corrected chi connectivity index (χ0v) is 22.2. The largest absolute Gasteiger partial charge is 0.374 e. The smallest absolute Gasteiger partial charge is 0.241 e. The van der Waals surface area contributed by atoms with Crippen molar-refractivity contribution >= 4 is 34.9 Å². The summed E-state index contributed by atoms with van der Waals surface area (Å²) in [5.41, 5.74) is 13.1. The van der Waals surface area contributed by atoms with E-state index in [9.17, 15) is 9.18 Å². The average Bonchev–Trinajstić information content (AvgIpc) is 3.45. The number of aromatic nitrogens is 5. The van der Waals surface area contributed by atoms with Crippen molar-refractivity contribution in [2.75, 3.05) is 34.9 Å². The minimum atomic E-state index is -0.444. The number of fused-ring (bicyclic) bond motifs is 4. The molecule has 2 aliphatic heterocycles. The van der Waals surface area contributed by atoms with Gasteiger partial charge in [0.2, 0.25) is 17.8 Å². The number of carbonyl (C=O) groups excluding carboxylic acids is 1. The Bertz CT molecular complexity index is 1800. The maximum Gasteiger partial charge on any atom is 0.241 e. The molecule has 0 saturated heterocycles. The lowest BCUT2D eigenvalue weighted by Gasteiger charge is -2.18. The van der Waals surface area contributed by atoms with Gasteiger partial charge in [0.15, 0.2) is 5.82 Å². The van der Waals surface area contributed by atoms with Crippen molar-refractivity contribution in [2.45, 2.75) is 18.8 Å². The number of nitrogen functional groups attached to an aromatic ring is 1. The van der Waals surface area contributed by atoms with Crippen LogP contribution in [0.1, 0.15) is 22.6 Å². The predicted molar refractivity (Wildman–Crippen MR) is 155 cm³/mol. The highest BCUT2D eigenvalue weighted by Crippen LogP contribution is 2.36. The molecule has 10 nitrogen and oxygen atoms in total. The SMILES string of the molecule is CN1CCc2cc(-n3nc(N)nc3Nc3ccc(CC4C(=O)Nc5ccc(F)cc54)cc3)nnc2-c2ccccc21. The van der Waals surface area contributed by atoms with E-state index in [0.29, 0.717) is 29.4 Å². The maximum absolute atomic E-state index is 13.8. The summed E-state index contributed by atoms with van der Waals surface area (Å²) in [4.78, 5) is 19.1. The molecule has 0 spiro atoms. The monoisotopic (exact) mass is 547 g/mol. The van der Waals surface area contributed by atoms with E-state index in [2.05, 4.69) is 55.0 Å². The van der Waals surface area contributed by atoms with Gasteiger partial charge in [0.25, 0.3) is 0 Å². The quantitative estimate of drug-likeness (QED) is 0.294. The van der Waals surface area contributed by atoms with Crippen LogP contribution < -0.4 is 21.3 Å². The first-order chi connectivity index (χ1) is 19.9. The number of amides is 1. The van der Waals surface area contributed by atoms with E-state index in [-0.39, 0.29) is 17.7 Å². The number of anilines is 5. The summed E-state index contributed by atoms with van der Waals surface area (Å²) in [5, 5.41) is 19.5. The van der Waals surface area contributed by atoms with Gasteiger partial charge in [-0.3, -0.25) is 4.79 Å². The van der Waals surface area contributed by atoms with E-state index in [1.807, 2.05) is 42.5 Å². The minimum Gasteiger partial charge on any atom is -0.374 e. The van der Waals surface area contributed by atoms with E-state index >= 15 is 0 Å². The fourth-order valence-electron chi connectivity index (χ4n) is 5.51. The van der Waals surface area contributed by atoms with Crippen molar-refractivity contribution in [3.05, 3.63) is 95.3 Å². The summed E-state index contributed by atoms with van der Waals surface area (Å²) in [5.74, 6) is 0.0744. The lowest BCUT2D eigenvalue weighted by molar-refractivity contribution is -0.117. The fraction of sp³-hybridized carbons (Fsp3) is 0.167. The van der Waals surface area contributed by atoms with Crippen LogP contribution in [0.25, 0.3) is 17.1 Å². The molecule has 5 aromatic rings. The Morgan fingerprint density at radius 3 is 2.76 bits per heavy atom. The van der Waals surface area contributed by atoms with Crippen LogP contribution in [0.2, 0.25) is 0 Å². The summed E-state index contributed by atoms with van der Waals surface area (Å²) < 4.78 is 15.4. The van der Waals surface area contributed by atoms with Gasteiger partial charge in [0.05, 0.1) is 11.6 Å². The lowest BCUT2D eigenvalue weighted by Crippen LogP contribution is -2.19. The summed E-state index contributed by atoms with van der Waals surface area (Å²) in [7, 11) is 2.08. The molecule has 0 fully saturated rings. The predicted octanol–water partition coefficient (Wildman–Crippen LogP) is 4.46. The van der Waals surface area contributed by atoms with Gasteiger partial charge in [-0.05, 0) is 72.0 Å². The number of nitrogens with zero attached hydrogens (tertiary/aromatic N) is 6. The number of likely N-dealkylation sites (N-methyl/N-ethyl adjacent to an activating group) is 1. The first-order valence-corrected chi connectivity index (χ1v) is 13.3. The summed E-state index contributed by atoms with van der Waals surface area (Å²) in [6.45, 7) is 0.842. The van der Waals surface area contributed by atoms with Crippen molar-refractivity contribution in [2.24, 2.45) is 0 Å². The number of carbonyl (C=O) groups is 1. The van der Waals surface area contributed by atoms with Gasteiger partial charge in [-0.1, -0.05) is 30.3 Å². The first kappa shape index (κ1) is 24.7. The molecule has 0 radical (unpaired) electrons. The molecule has 3 aromatic carbocycles. The van der Waals surface area contributed by atoms with E-state index in [4.69, 9.17) is 5.73 Å². The molecule has 4 N–H and O–H groups in total. The highest BCUT2D eigenvalue weighted by Gasteiger charge is 2.31. The number of nitrogens with one attached hydrogen (secondary N) is 2. The fourth-order valence-corrected chi connectivity index (χ4v) is 5.51. The Balaban J connectivity index is 1.13. The Kier molecular flexibility index (Phi) is 5.84. The highest BCUT2D eigenvalue weighted by atomic mass is 19.1. The highest BCUT2D eigenvalue weighted by molar-refractivity contribution is 6.03. The molecule has 4 heterocycles. The van der Waals surface area contributed by atoms with Crippen molar-refractivity contribution in [3.63, 3.8) is 0 Å². The van der Waals surface area contributed by atoms with E-state index < -0.39 is 5.92 Å². The van der Waals surface area contributed by atoms with Crippen LogP contribution in [-0.2, 0) is 17.6 Å². The minimum absolute atomic E-state index is 0.101. The normalized spacial score (nSPS) is 15.5. The molecule has 2 aromatic heterocycles. The lowest BCUT2D eigenvalue weighted by atomic mass is 9.93. The molecule has 0 aliphatic carbocycles. The van der Waals surface area contributed by atoms with Crippen LogP contribution >= 0.6 is 0 Å². The van der Waals surface area contributed by atoms with Crippen molar-refractivity contribution in [1.82, 2.24) is 25.0 Å². The van der Waals surface area contributed by atoms with Crippen LogP contribution in [0.3, 0.4) is 0 Å². The molecular formula is C30H26FN9O. The number of halogens is 1. The first-order valence-electron chi connectivity index (χ1n) is 13.3. The Hall–Kier alpha value is -5.32. The number of rotatable bonds is 5. The van der Waals surface area contributed by atoms with Crippen LogP contribution in [0.4, 0.5) is 33.3 Å². The summed E-state index contributed by atoms with van der Waals surface area (Å²) in [6, 6.07) is 22.2. The van der Waals surface area contributed by atoms with E-state index in [0.717, 1.165) is 46.7 Å². The Labute approximate surface area is 235 Å². The second kappa shape index (κ2) is 9.70. The molecule has 0 saturated carbocycles. The van der Waals surface area contributed by atoms with Gasteiger partial charge in [0.1, 0.15) is 5.82 Å². The second-order valence-electron chi connectivity index (χ2n) is 10.3. The van der Waals surface area contributed by atoms with E-state index in [1.54, 1.807) is 10.7 Å². The van der Waals surface area contributed by atoms with Crippen LogP contribution in [0.15, 0.2) is 72.8 Å². The number of hydrogen-bond acceptors (Lipinski definition) is 8. The van der Waals surface area contributed by atoms with Crippen LogP contribution in [0, 0.1) is 5.82 Å². The standard InChI is InChI=1S/C30H26FN9O/c1-39-13-12-18-15-26(36-37-27(18)21-4-2-3-5-25(21)39)40-30(35-29(32)38-40)33-20-9-6-17(7-10-20)14-23-22-16-19(31)8-11-24(22)34-28(23)41/h2-11,15-16,23H,12-14H2,1H3,(H,34,41)(H3,32,33,35,38). The van der Waals surface area contributed by atoms with Gasteiger partial charge in [-0.25, -0.2) is 4.39 Å². The molecule has 2 aliphatic rings. The van der Waals surface area contributed by atoms with Crippen LogP contribution in [-0.4, -0.2) is 44.5 Å². The molecule has 0 bridgehead atoms. The van der Waals surface area contributed by atoms with Gasteiger partial charge in [-0.15, -0.1) is 15.3 Å². The molecule has 41 heavy (non-hydrogen) atoms. The Morgan fingerprint density at radius 1 is 1.07 bits per heavy atom. The maximum atomic E-state index is 13.8. The summed E-state index contributed by atoms with van der Waals surface area (Å²) in [6.07, 6.45) is 1.25. The topological polar surface area (TPSA) is 127 Å². The zero-order valence-electron chi connectivity index (χ0n) is 22.2. The second-order valence-corrected chi connectivity index (χ2v) is 10.3. The van der Waals surface area contributed by atoms with Crippen molar-refractivity contribution in [1.29, 1.82) is 0 Å². The number of nitrogens with two attached hydrogens (primary N) is 1. The average molecular weight is 548 g/mol. The number of hydrogen-bond donors (Lipinski definition) is 3. The zero-order chi connectivity index (χ0) is 28.1.